The Bertz CT molecular complexity index is 773. The predicted molar refractivity (Wildman–Crippen MR) is 93.2 cm³/mol. The molecular weight excluding hydrogens is 350 g/mol. The number of thioether (sulfide) groups is 1. The van der Waals surface area contributed by atoms with Crippen molar-refractivity contribution in [1.29, 1.82) is 0 Å². The monoisotopic (exact) mass is 365 g/mol. The fourth-order valence-electron chi connectivity index (χ4n) is 1.63. The zero-order chi connectivity index (χ0) is 17.4. The molecule has 2 heterocycles. The Kier molecular flexibility index (Phi) is 6.70. The molecule has 8 nitrogen and oxygen atoms in total. The van der Waals surface area contributed by atoms with E-state index in [9.17, 15) is 14.4 Å². The molecule has 0 unspecified atom stereocenters. The molecule has 0 aromatic carbocycles. The van der Waals surface area contributed by atoms with E-state index in [1.54, 1.807) is 17.7 Å². The van der Waals surface area contributed by atoms with Crippen molar-refractivity contribution in [1.82, 2.24) is 20.3 Å². The molecule has 0 bridgehead atoms. The number of carbonyl (C=O) groups is 2. The zero-order valence-electron chi connectivity index (χ0n) is 12.6. The van der Waals surface area contributed by atoms with Gasteiger partial charge in [0.25, 0.3) is 5.56 Å². The van der Waals surface area contributed by atoms with E-state index in [-0.39, 0.29) is 34.7 Å². The Morgan fingerprint density at radius 1 is 1.42 bits per heavy atom. The number of hydrogen-bond acceptors (Lipinski definition) is 7. The van der Waals surface area contributed by atoms with Crippen molar-refractivity contribution in [2.75, 3.05) is 17.6 Å². The highest BCUT2D eigenvalue weighted by Gasteiger charge is 2.10. The molecule has 0 aliphatic carbocycles. The Hall–Kier alpha value is -2.46. The standard InChI is InChI=1S/C14H15N5O3S2/c1-2-3-15-10(20)6-9-7-11(21)18-14(17-9)24-8-12(22)19-13-16-4-5-23-13/h2,4-5,7H,1,3,6,8H2,(H,15,20)(H,16,19,22)(H,17,18,21). The van der Waals surface area contributed by atoms with Gasteiger partial charge in [-0.3, -0.25) is 14.4 Å². The third kappa shape index (κ3) is 5.97. The van der Waals surface area contributed by atoms with E-state index < -0.39 is 0 Å². The lowest BCUT2D eigenvalue weighted by Crippen LogP contribution is -2.26. The van der Waals surface area contributed by atoms with Crippen LogP contribution in [-0.2, 0) is 16.0 Å². The number of hydrogen-bond donors (Lipinski definition) is 3. The lowest BCUT2D eigenvalue weighted by Gasteiger charge is -2.05. The van der Waals surface area contributed by atoms with Gasteiger partial charge in [-0.25, -0.2) is 9.97 Å². The summed E-state index contributed by atoms with van der Waals surface area (Å²) in [6, 6.07) is 1.26. The van der Waals surface area contributed by atoms with Crippen molar-refractivity contribution in [2.45, 2.75) is 11.6 Å². The second kappa shape index (κ2) is 8.99. The largest absolute Gasteiger partial charge is 0.352 e. The van der Waals surface area contributed by atoms with Crippen molar-refractivity contribution < 1.29 is 9.59 Å². The third-order valence-corrected chi connectivity index (χ3v) is 4.14. The highest BCUT2D eigenvalue weighted by atomic mass is 32.2. The topological polar surface area (TPSA) is 117 Å². The summed E-state index contributed by atoms with van der Waals surface area (Å²) in [6.45, 7) is 3.85. The van der Waals surface area contributed by atoms with Crippen molar-refractivity contribution in [2.24, 2.45) is 0 Å². The van der Waals surface area contributed by atoms with E-state index in [4.69, 9.17) is 0 Å². The van der Waals surface area contributed by atoms with Crippen molar-refractivity contribution in [3.63, 3.8) is 0 Å². The van der Waals surface area contributed by atoms with E-state index in [1.165, 1.54) is 17.4 Å². The van der Waals surface area contributed by atoms with Gasteiger partial charge in [-0.15, -0.1) is 17.9 Å². The maximum Gasteiger partial charge on any atom is 0.251 e. The van der Waals surface area contributed by atoms with E-state index in [0.29, 0.717) is 17.4 Å². The summed E-state index contributed by atoms with van der Waals surface area (Å²) in [5.41, 5.74) is -0.0394. The van der Waals surface area contributed by atoms with Crippen molar-refractivity contribution >= 4 is 40.0 Å². The highest BCUT2D eigenvalue weighted by Crippen LogP contribution is 2.14. The van der Waals surface area contributed by atoms with Crippen LogP contribution in [0.1, 0.15) is 5.69 Å². The van der Waals surface area contributed by atoms with Crippen LogP contribution in [-0.4, -0.2) is 39.1 Å². The molecule has 0 saturated heterocycles. The molecule has 0 atom stereocenters. The number of thiazole rings is 1. The van der Waals surface area contributed by atoms with Gasteiger partial charge >= 0.3 is 0 Å². The fourth-order valence-corrected chi connectivity index (χ4v) is 2.87. The summed E-state index contributed by atoms with van der Waals surface area (Å²) >= 11 is 2.39. The molecule has 0 fully saturated rings. The molecule has 126 valence electrons. The number of rotatable bonds is 8. The summed E-state index contributed by atoms with van der Waals surface area (Å²) in [6.07, 6.45) is 3.13. The molecule has 3 N–H and O–H groups in total. The Labute approximate surface area is 145 Å². The molecule has 2 rings (SSSR count). The fraction of sp³-hybridized carbons (Fsp3) is 0.214. The first-order chi connectivity index (χ1) is 11.6. The smallest absolute Gasteiger partial charge is 0.251 e. The molecule has 2 aromatic heterocycles. The Balaban J connectivity index is 1.92. The zero-order valence-corrected chi connectivity index (χ0v) is 14.2. The van der Waals surface area contributed by atoms with Crippen LogP contribution in [0.25, 0.3) is 0 Å². The van der Waals surface area contributed by atoms with Gasteiger partial charge in [0.1, 0.15) is 0 Å². The number of carbonyl (C=O) groups excluding carboxylic acids is 2. The molecule has 0 radical (unpaired) electrons. The van der Waals surface area contributed by atoms with Crippen LogP contribution in [0.4, 0.5) is 5.13 Å². The lowest BCUT2D eigenvalue weighted by molar-refractivity contribution is -0.120. The molecule has 24 heavy (non-hydrogen) atoms. The summed E-state index contributed by atoms with van der Waals surface area (Å²) in [5, 5.41) is 7.78. The lowest BCUT2D eigenvalue weighted by atomic mass is 10.3. The number of nitrogens with one attached hydrogen (secondary N) is 3. The van der Waals surface area contributed by atoms with Crippen LogP contribution >= 0.6 is 23.1 Å². The summed E-state index contributed by atoms with van der Waals surface area (Å²) < 4.78 is 0. The second-order valence-electron chi connectivity index (χ2n) is 4.49. The maximum absolute atomic E-state index is 11.8. The highest BCUT2D eigenvalue weighted by molar-refractivity contribution is 7.99. The van der Waals surface area contributed by atoms with E-state index in [0.717, 1.165) is 11.8 Å². The van der Waals surface area contributed by atoms with Gasteiger partial charge in [-0.1, -0.05) is 17.8 Å². The average Bonchev–Trinajstić information content (AvgIpc) is 3.03. The number of amides is 2. The van der Waals surface area contributed by atoms with Crippen LogP contribution < -0.4 is 16.2 Å². The molecule has 0 saturated carbocycles. The van der Waals surface area contributed by atoms with Crippen LogP contribution in [0.2, 0.25) is 0 Å². The maximum atomic E-state index is 11.8. The van der Waals surface area contributed by atoms with Crippen LogP contribution in [0.15, 0.2) is 40.2 Å². The quantitative estimate of drug-likeness (QED) is 0.362. The molecule has 0 aliphatic rings. The number of aromatic nitrogens is 3. The minimum Gasteiger partial charge on any atom is -0.352 e. The summed E-state index contributed by atoms with van der Waals surface area (Å²) in [7, 11) is 0. The van der Waals surface area contributed by atoms with Gasteiger partial charge in [-0.2, -0.15) is 0 Å². The minimum atomic E-state index is -0.376. The number of H-pyrrole nitrogens is 1. The average molecular weight is 365 g/mol. The molecule has 0 spiro atoms. The Morgan fingerprint density at radius 2 is 2.25 bits per heavy atom. The van der Waals surface area contributed by atoms with Gasteiger partial charge in [0.15, 0.2) is 10.3 Å². The van der Waals surface area contributed by atoms with Crippen LogP contribution in [0.3, 0.4) is 0 Å². The normalized spacial score (nSPS) is 10.2. The van der Waals surface area contributed by atoms with E-state index in [1.807, 2.05) is 0 Å². The van der Waals surface area contributed by atoms with Crippen LogP contribution in [0, 0.1) is 0 Å². The minimum absolute atomic E-state index is 0.0172. The molecular formula is C14H15N5O3S2. The van der Waals surface area contributed by atoms with Gasteiger partial charge < -0.3 is 15.6 Å². The van der Waals surface area contributed by atoms with Gasteiger partial charge in [0.2, 0.25) is 11.8 Å². The van der Waals surface area contributed by atoms with Gasteiger partial charge in [-0.05, 0) is 0 Å². The SMILES string of the molecule is C=CCNC(=O)Cc1cc(=O)[nH]c(SCC(=O)Nc2nccs2)n1. The third-order valence-electron chi connectivity index (χ3n) is 2.58. The van der Waals surface area contributed by atoms with E-state index in [2.05, 4.69) is 32.2 Å². The first kappa shape index (κ1) is 17.9. The second-order valence-corrected chi connectivity index (χ2v) is 6.34. The van der Waals surface area contributed by atoms with Crippen LogP contribution in [0.5, 0.6) is 0 Å². The predicted octanol–water partition coefficient (Wildman–Crippen LogP) is 0.802. The summed E-state index contributed by atoms with van der Waals surface area (Å²) in [5.74, 6) is -0.452. The number of aromatic amines is 1. The number of nitrogens with zero attached hydrogens (tertiary/aromatic N) is 2. The summed E-state index contributed by atoms with van der Waals surface area (Å²) in [4.78, 5) is 45.7. The Morgan fingerprint density at radius 3 is 2.96 bits per heavy atom. The number of anilines is 1. The molecule has 0 aliphatic heterocycles. The molecule has 10 heteroatoms. The molecule has 2 amide bonds. The van der Waals surface area contributed by atoms with Crippen molar-refractivity contribution in [3.05, 3.63) is 46.3 Å². The van der Waals surface area contributed by atoms with Gasteiger partial charge in [0, 0.05) is 24.2 Å². The molecule has 2 aromatic rings. The first-order valence-corrected chi connectivity index (χ1v) is 8.73. The first-order valence-electron chi connectivity index (χ1n) is 6.87. The van der Waals surface area contributed by atoms with Crippen molar-refractivity contribution in [3.8, 4) is 0 Å². The van der Waals surface area contributed by atoms with E-state index >= 15 is 0 Å². The van der Waals surface area contributed by atoms with Gasteiger partial charge in [0.05, 0.1) is 17.9 Å².